The minimum absolute atomic E-state index is 0.1000. The van der Waals surface area contributed by atoms with Crippen molar-refractivity contribution in [1.82, 2.24) is 5.01 Å². The van der Waals surface area contributed by atoms with Crippen LogP contribution in [0.5, 0.6) is 0 Å². The van der Waals surface area contributed by atoms with Crippen molar-refractivity contribution >= 4 is 5.97 Å². The average Bonchev–Trinajstić information content (AvgIpc) is 2.39. The van der Waals surface area contributed by atoms with Gasteiger partial charge in [-0.15, -0.1) is 4.91 Å². The molecule has 0 amide bonds. The molecule has 0 bridgehead atoms. The fourth-order valence-electron chi connectivity index (χ4n) is 1.26. The van der Waals surface area contributed by atoms with E-state index >= 15 is 0 Å². The summed E-state index contributed by atoms with van der Waals surface area (Å²) >= 11 is 0. The second kappa shape index (κ2) is 7.38. The zero-order valence-electron chi connectivity index (χ0n) is 9.83. The van der Waals surface area contributed by atoms with E-state index in [4.69, 9.17) is 4.74 Å². The Kier molecular flexibility index (Phi) is 5.71. The molecule has 0 saturated carbocycles. The third-order valence-electron chi connectivity index (χ3n) is 2.24. The van der Waals surface area contributed by atoms with Gasteiger partial charge in [-0.25, -0.2) is 9.80 Å². The molecule has 1 aromatic rings. The van der Waals surface area contributed by atoms with E-state index in [0.717, 1.165) is 12.8 Å². The van der Waals surface area contributed by atoms with E-state index in [2.05, 4.69) is 5.29 Å². The molecule has 1 rings (SSSR count). The van der Waals surface area contributed by atoms with E-state index in [0.29, 0.717) is 12.1 Å². The summed E-state index contributed by atoms with van der Waals surface area (Å²) in [7, 11) is 0. The summed E-state index contributed by atoms with van der Waals surface area (Å²) in [6.07, 6.45) is 1.80. The molecule has 0 aliphatic rings. The van der Waals surface area contributed by atoms with Crippen LogP contribution in [0, 0.1) is 4.91 Å². The fourth-order valence-corrected chi connectivity index (χ4v) is 1.26. The molecular weight excluding hydrogens is 220 g/mol. The van der Waals surface area contributed by atoms with Crippen LogP contribution in [0.3, 0.4) is 0 Å². The Morgan fingerprint density at radius 2 is 2.06 bits per heavy atom. The predicted molar refractivity (Wildman–Crippen MR) is 64.1 cm³/mol. The predicted octanol–water partition coefficient (Wildman–Crippen LogP) is 2.58. The summed E-state index contributed by atoms with van der Waals surface area (Å²) in [6, 6.07) is 8.64. The standard InChI is InChI=1S/C12H16N2O3/c1-2-3-9-14(13-16)10-17-12(15)11-7-5-4-6-8-11/h4-8H,2-3,9-10H2,1H3. The number of unbranched alkanes of at least 4 members (excludes halogenated alkanes) is 1. The molecule has 1 aromatic carbocycles. The van der Waals surface area contributed by atoms with E-state index in [9.17, 15) is 9.70 Å². The average molecular weight is 236 g/mol. The molecule has 0 spiro atoms. The second-order valence-electron chi connectivity index (χ2n) is 3.59. The number of benzene rings is 1. The number of ether oxygens (including phenoxy) is 1. The number of carbonyl (C=O) groups excluding carboxylic acids is 1. The molecule has 17 heavy (non-hydrogen) atoms. The third-order valence-corrected chi connectivity index (χ3v) is 2.24. The van der Waals surface area contributed by atoms with Gasteiger partial charge in [0.15, 0.2) is 6.73 Å². The summed E-state index contributed by atoms with van der Waals surface area (Å²) < 4.78 is 4.97. The zero-order valence-corrected chi connectivity index (χ0v) is 9.83. The summed E-state index contributed by atoms with van der Waals surface area (Å²) in [4.78, 5) is 22.0. The van der Waals surface area contributed by atoms with Crippen LogP contribution >= 0.6 is 0 Å². The number of nitrogens with zero attached hydrogens (tertiary/aromatic N) is 2. The Morgan fingerprint density at radius 3 is 2.65 bits per heavy atom. The van der Waals surface area contributed by atoms with Gasteiger partial charge in [0, 0.05) is 6.54 Å². The van der Waals surface area contributed by atoms with Gasteiger partial charge in [-0.05, 0) is 18.6 Å². The molecule has 0 aliphatic carbocycles. The number of nitroso groups, excluding NO2 is 1. The molecular formula is C12H16N2O3. The van der Waals surface area contributed by atoms with Crippen LogP contribution in [0.1, 0.15) is 30.1 Å². The Morgan fingerprint density at radius 1 is 1.35 bits per heavy atom. The largest absolute Gasteiger partial charge is 0.439 e. The van der Waals surface area contributed by atoms with Crippen molar-refractivity contribution in [3.63, 3.8) is 0 Å². The minimum atomic E-state index is -0.448. The monoisotopic (exact) mass is 236 g/mol. The molecule has 5 nitrogen and oxygen atoms in total. The quantitative estimate of drug-likeness (QED) is 0.316. The van der Waals surface area contributed by atoms with Crippen LogP contribution in [0.2, 0.25) is 0 Å². The lowest BCUT2D eigenvalue weighted by Gasteiger charge is -2.14. The molecule has 0 unspecified atom stereocenters. The summed E-state index contributed by atoms with van der Waals surface area (Å²) in [6.45, 7) is 2.41. The van der Waals surface area contributed by atoms with Crippen molar-refractivity contribution in [1.29, 1.82) is 0 Å². The van der Waals surface area contributed by atoms with Crippen molar-refractivity contribution in [2.24, 2.45) is 5.29 Å². The van der Waals surface area contributed by atoms with E-state index in [1.165, 1.54) is 5.01 Å². The van der Waals surface area contributed by atoms with Crippen LogP contribution in [-0.2, 0) is 4.74 Å². The van der Waals surface area contributed by atoms with Gasteiger partial charge in [0.1, 0.15) is 0 Å². The Bertz CT molecular complexity index is 354. The molecule has 0 atom stereocenters. The fraction of sp³-hybridized carbons (Fsp3) is 0.417. The number of hydrogen-bond acceptors (Lipinski definition) is 4. The van der Waals surface area contributed by atoms with Gasteiger partial charge in [0.05, 0.1) is 10.8 Å². The van der Waals surface area contributed by atoms with Crippen LogP contribution in [0.4, 0.5) is 0 Å². The molecule has 0 N–H and O–H groups in total. The van der Waals surface area contributed by atoms with Crippen molar-refractivity contribution in [2.45, 2.75) is 19.8 Å². The molecule has 0 saturated heterocycles. The smallest absolute Gasteiger partial charge is 0.339 e. The number of esters is 1. The highest BCUT2D eigenvalue weighted by Crippen LogP contribution is 2.03. The molecule has 0 fully saturated rings. The topological polar surface area (TPSA) is 59.0 Å². The van der Waals surface area contributed by atoms with E-state index in [-0.39, 0.29) is 6.73 Å². The van der Waals surface area contributed by atoms with Gasteiger partial charge >= 0.3 is 5.97 Å². The van der Waals surface area contributed by atoms with E-state index in [1.54, 1.807) is 24.3 Å². The highest BCUT2D eigenvalue weighted by molar-refractivity contribution is 5.89. The lowest BCUT2D eigenvalue weighted by Crippen LogP contribution is -2.23. The van der Waals surface area contributed by atoms with Crippen molar-refractivity contribution in [3.8, 4) is 0 Å². The Labute approximate surface area is 100 Å². The Hall–Kier alpha value is -1.91. The van der Waals surface area contributed by atoms with Gasteiger partial charge in [-0.1, -0.05) is 31.5 Å². The molecule has 0 aromatic heterocycles. The van der Waals surface area contributed by atoms with Crippen molar-refractivity contribution < 1.29 is 9.53 Å². The lowest BCUT2D eigenvalue weighted by molar-refractivity contribution is 0.0213. The van der Waals surface area contributed by atoms with Gasteiger partial charge in [0.2, 0.25) is 0 Å². The normalized spacial score (nSPS) is 9.71. The first-order valence-corrected chi connectivity index (χ1v) is 5.58. The van der Waals surface area contributed by atoms with Gasteiger partial charge < -0.3 is 4.74 Å². The van der Waals surface area contributed by atoms with Crippen LogP contribution < -0.4 is 0 Å². The third kappa shape index (κ3) is 4.63. The number of hydrogen-bond donors (Lipinski definition) is 0. The molecule has 0 heterocycles. The maximum atomic E-state index is 11.5. The van der Waals surface area contributed by atoms with Crippen molar-refractivity contribution in [3.05, 3.63) is 40.8 Å². The Balaban J connectivity index is 2.39. The number of carbonyl (C=O) groups is 1. The lowest BCUT2D eigenvalue weighted by atomic mass is 10.2. The maximum absolute atomic E-state index is 11.5. The highest BCUT2D eigenvalue weighted by atomic mass is 16.5. The van der Waals surface area contributed by atoms with Gasteiger partial charge in [0.25, 0.3) is 0 Å². The van der Waals surface area contributed by atoms with E-state index < -0.39 is 5.97 Å². The van der Waals surface area contributed by atoms with Crippen molar-refractivity contribution in [2.75, 3.05) is 13.3 Å². The molecule has 0 radical (unpaired) electrons. The van der Waals surface area contributed by atoms with Gasteiger partial charge in [-0.3, -0.25) is 0 Å². The SMILES string of the molecule is CCCCN(COC(=O)c1ccccc1)N=O. The van der Waals surface area contributed by atoms with Crippen LogP contribution in [-0.4, -0.2) is 24.3 Å². The maximum Gasteiger partial charge on any atom is 0.339 e. The molecule has 5 heteroatoms. The second-order valence-corrected chi connectivity index (χ2v) is 3.59. The summed E-state index contributed by atoms with van der Waals surface area (Å²) in [5, 5.41) is 4.00. The summed E-state index contributed by atoms with van der Waals surface area (Å²) in [5.41, 5.74) is 0.467. The van der Waals surface area contributed by atoms with Crippen LogP contribution in [0.25, 0.3) is 0 Å². The first kappa shape index (κ1) is 13.2. The highest BCUT2D eigenvalue weighted by Gasteiger charge is 2.09. The minimum Gasteiger partial charge on any atom is -0.439 e. The zero-order chi connectivity index (χ0) is 12.5. The first-order valence-electron chi connectivity index (χ1n) is 5.58. The summed E-state index contributed by atoms with van der Waals surface area (Å²) in [5.74, 6) is -0.448. The first-order chi connectivity index (χ1) is 8.27. The molecule has 0 aliphatic heterocycles. The molecule has 92 valence electrons. The van der Waals surface area contributed by atoms with E-state index in [1.807, 2.05) is 13.0 Å². The van der Waals surface area contributed by atoms with Gasteiger partial charge in [-0.2, -0.15) is 0 Å². The van der Waals surface area contributed by atoms with Crippen LogP contribution in [0.15, 0.2) is 35.6 Å². The number of rotatable bonds is 7.